The average molecular weight is 425 g/mol. The molecule has 1 fully saturated rings. The molecule has 0 heterocycles. The molecule has 2 atom stereocenters. The molecule has 4 nitrogen and oxygen atoms in total. The summed E-state index contributed by atoms with van der Waals surface area (Å²) >= 11 is 17.1. The van der Waals surface area contributed by atoms with Crippen LogP contribution >= 0.6 is 34.8 Å². The number of rotatable bonds is 1. The molecule has 0 aromatic heterocycles. The Labute approximate surface area is 171 Å². The molecule has 1 N–H and O–H groups in total. The molecule has 0 radical (unpaired) electrons. The van der Waals surface area contributed by atoms with Gasteiger partial charge < -0.3 is 5.32 Å². The number of hydrogen-bond donors (Lipinski definition) is 1. The van der Waals surface area contributed by atoms with Gasteiger partial charge in [0.2, 0.25) is 0 Å². The van der Waals surface area contributed by atoms with Gasteiger partial charge in [0.25, 0.3) is 9.70 Å². The third-order valence-corrected chi connectivity index (χ3v) is 6.01. The average Bonchev–Trinajstić information content (AvgIpc) is 2.64. The number of alkyl halides is 3. The second-order valence-corrected chi connectivity index (χ2v) is 9.31. The Morgan fingerprint density at radius 3 is 2.41 bits per heavy atom. The van der Waals surface area contributed by atoms with Crippen molar-refractivity contribution in [3.8, 4) is 0 Å². The summed E-state index contributed by atoms with van der Waals surface area (Å²) in [5.74, 6) is -1.34. The van der Waals surface area contributed by atoms with Crippen LogP contribution in [0.25, 0.3) is 0 Å². The van der Waals surface area contributed by atoms with E-state index in [0.29, 0.717) is 35.1 Å². The van der Waals surface area contributed by atoms with Crippen LogP contribution in [-0.4, -0.2) is 27.3 Å². The van der Waals surface area contributed by atoms with Crippen LogP contribution < -0.4 is 5.32 Å². The third kappa shape index (κ3) is 3.14. The monoisotopic (exact) mass is 423 g/mol. The van der Waals surface area contributed by atoms with Crippen molar-refractivity contribution in [2.24, 2.45) is 5.92 Å². The highest BCUT2D eigenvalue weighted by Gasteiger charge is 2.44. The summed E-state index contributed by atoms with van der Waals surface area (Å²) in [5.41, 5.74) is 2.93. The van der Waals surface area contributed by atoms with Gasteiger partial charge in [0, 0.05) is 34.2 Å². The Balaban J connectivity index is 1.76. The molecule has 1 saturated carbocycles. The predicted octanol–water partition coefficient (Wildman–Crippen LogP) is 4.35. The van der Waals surface area contributed by atoms with Crippen molar-refractivity contribution in [1.29, 1.82) is 0 Å². The lowest BCUT2D eigenvalue weighted by Gasteiger charge is -2.40. The maximum Gasteiger partial charge on any atom is 0.272 e. The maximum absolute atomic E-state index is 13.3. The number of carbonyl (C=O) groups is 3. The Kier molecular flexibility index (Phi) is 4.69. The van der Waals surface area contributed by atoms with Gasteiger partial charge in [-0.1, -0.05) is 70.7 Å². The van der Waals surface area contributed by atoms with Crippen molar-refractivity contribution >= 4 is 52.3 Å². The second-order valence-electron chi connectivity index (χ2n) is 7.03. The van der Waals surface area contributed by atoms with E-state index in [1.54, 1.807) is 24.3 Å². The van der Waals surface area contributed by atoms with Gasteiger partial charge in [-0.05, 0) is 25.7 Å². The van der Waals surface area contributed by atoms with Crippen LogP contribution in [0.4, 0.5) is 0 Å². The van der Waals surface area contributed by atoms with Crippen LogP contribution in [0.2, 0.25) is 0 Å². The first kappa shape index (κ1) is 18.7. The SMILES string of the molecule is O=C1C2=C(C(=O)c3ccccc31)[C@H]1C(=CC2)CCC[C@H]1NC(=O)C(Cl)(Cl)Cl. The fourth-order valence-corrected chi connectivity index (χ4v) is 4.50. The number of hydrogen-bond acceptors (Lipinski definition) is 3. The van der Waals surface area contributed by atoms with Crippen molar-refractivity contribution in [3.05, 3.63) is 58.2 Å². The lowest BCUT2D eigenvalue weighted by atomic mass is 9.66. The molecule has 0 saturated heterocycles. The Morgan fingerprint density at radius 2 is 1.74 bits per heavy atom. The summed E-state index contributed by atoms with van der Waals surface area (Å²) in [6.07, 6.45) is 4.77. The van der Waals surface area contributed by atoms with Gasteiger partial charge in [0.05, 0.1) is 0 Å². The number of fused-ring (bicyclic) bond motifs is 3. The molecule has 3 aliphatic rings. The first-order valence-corrected chi connectivity index (χ1v) is 9.90. The largest absolute Gasteiger partial charge is 0.349 e. The van der Waals surface area contributed by atoms with Crippen molar-refractivity contribution in [3.63, 3.8) is 0 Å². The summed E-state index contributed by atoms with van der Waals surface area (Å²) < 4.78 is -2.08. The van der Waals surface area contributed by atoms with E-state index in [-0.39, 0.29) is 23.5 Å². The van der Waals surface area contributed by atoms with Crippen LogP contribution in [0.15, 0.2) is 47.1 Å². The summed E-state index contributed by atoms with van der Waals surface area (Å²) in [4.78, 5) is 38.4. The van der Waals surface area contributed by atoms with E-state index in [2.05, 4.69) is 5.32 Å². The summed E-state index contributed by atoms with van der Waals surface area (Å²) in [5, 5.41) is 2.78. The smallest absolute Gasteiger partial charge is 0.272 e. The molecule has 4 rings (SSSR count). The fourth-order valence-electron chi connectivity index (χ4n) is 4.34. The van der Waals surface area contributed by atoms with Crippen LogP contribution in [0, 0.1) is 5.92 Å². The molecular weight excluding hydrogens is 409 g/mol. The van der Waals surface area contributed by atoms with E-state index >= 15 is 0 Å². The summed E-state index contributed by atoms with van der Waals surface area (Å²) in [7, 11) is 0. The Morgan fingerprint density at radius 1 is 1.07 bits per heavy atom. The summed E-state index contributed by atoms with van der Waals surface area (Å²) in [6, 6.07) is 6.47. The molecule has 0 aliphatic heterocycles. The number of ketones is 2. The predicted molar refractivity (Wildman–Crippen MR) is 104 cm³/mol. The summed E-state index contributed by atoms with van der Waals surface area (Å²) in [6.45, 7) is 0. The molecule has 1 amide bonds. The Bertz CT molecular complexity index is 927. The molecule has 0 unspecified atom stereocenters. The molecule has 0 bridgehead atoms. The number of halogens is 3. The number of nitrogens with one attached hydrogen (secondary N) is 1. The van der Waals surface area contributed by atoms with Gasteiger partial charge in [-0.25, -0.2) is 0 Å². The number of allylic oxidation sites excluding steroid dienone is 2. The van der Waals surface area contributed by atoms with Crippen molar-refractivity contribution in [1.82, 2.24) is 5.32 Å². The molecule has 1 aromatic rings. The van der Waals surface area contributed by atoms with Crippen LogP contribution in [0.5, 0.6) is 0 Å². The van der Waals surface area contributed by atoms with Crippen molar-refractivity contribution in [2.75, 3.05) is 0 Å². The quantitative estimate of drug-likeness (QED) is 0.538. The van der Waals surface area contributed by atoms with Crippen LogP contribution in [0.3, 0.4) is 0 Å². The minimum atomic E-state index is -2.08. The van der Waals surface area contributed by atoms with Gasteiger partial charge in [-0.15, -0.1) is 0 Å². The number of carbonyl (C=O) groups excluding carboxylic acids is 3. The number of benzene rings is 1. The standard InChI is InChI=1S/C20H16Cl3NO3/c21-20(22,23)19(27)24-14-7-3-4-10-8-9-13-16(15(10)14)18(26)12-6-2-1-5-11(12)17(13)25/h1-2,5-6,8,14-15H,3-4,7,9H2,(H,24,27)/t14-,15+/m1/s1. The van der Waals surface area contributed by atoms with E-state index in [4.69, 9.17) is 34.8 Å². The number of Topliss-reactive ketones (excluding diaryl/α,β-unsaturated/α-hetero) is 2. The van der Waals surface area contributed by atoms with Crippen molar-refractivity contribution in [2.45, 2.75) is 35.5 Å². The minimum Gasteiger partial charge on any atom is -0.349 e. The van der Waals surface area contributed by atoms with Gasteiger partial charge in [0.15, 0.2) is 11.6 Å². The normalized spacial score (nSPS) is 24.6. The fraction of sp³-hybridized carbons (Fsp3) is 0.350. The van der Waals surface area contributed by atoms with Crippen LogP contribution in [-0.2, 0) is 4.79 Å². The Hall–Kier alpha value is -1.62. The molecule has 0 spiro atoms. The highest BCUT2D eigenvalue weighted by atomic mass is 35.6. The van der Waals surface area contributed by atoms with E-state index in [1.165, 1.54) is 0 Å². The minimum absolute atomic E-state index is 0.118. The molecule has 140 valence electrons. The van der Waals surface area contributed by atoms with E-state index in [9.17, 15) is 14.4 Å². The molecule has 7 heteroatoms. The zero-order chi connectivity index (χ0) is 19.3. The molecule has 27 heavy (non-hydrogen) atoms. The van der Waals surface area contributed by atoms with E-state index in [0.717, 1.165) is 18.4 Å². The lowest BCUT2D eigenvalue weighted by Crippen LogP contribution is -2.49. The van der Waals surface area contributed by atoms with Gasteiger partial charge in [0.1, 0.15) is 0 Å². The van der Waals surface area contributed by atoms with E-state index in [1.807, 2.05) is 6.08 Å². The molecular formula is C20H16Cl3NO3. The zero-order valence-corrected chi connectivity index (χ0v) is 16.5. The third-order valence-electron chi connectivity index (χ3n) is 5.50. The molecule has 3 aliphatic carbocycles. The van der Waals surface area contributed by atoms with Gasteiger partial charge in [-0.3, -0.25) is 14.4 Å². The maximum atomic E-state index is 13.3. The van der Waals surface area contributed by atoms with Crippen LogP contribution in [0.1, 0.15) is 46.4 Å². The van der Waals surface area contributed by atoms with Crippen molar-refractivity contribution < 1.29 is 14.4 Å². The highest BCUT2D eigenvalue weighted by molar-refractivity contribution is 6.76. The number of amides is 1. The zero-order valence-electron chi connectivity index (χ0n) is 14.2. The topological polar surface area (TPSA) is 63.2 Å². The first-order valence-electron chi connectivity index (χ1n) is 8.77. The highest BCUT2D eigenvalue weighted by Crippen LogP contribution is 2.45. The van der Waals surface area contributed by atoms with Gasteiger partial charge >= 0.3 is 0 Å². The van der Waals surface area contributed by atoms with E-state index < -0.39 is 9.70 Å². The second kappa shape index (κ2) is 6.77. The van der Waals surface area contributed by atoms with Gasteiger partial charge in [-0.2, -0.15) is 0 Å². The first-order chi connectivity index (χ1) is 12.8. The molecule has 1 aromatic carbocycles. The lowest BCUT2D eigenvalue weighted by molar-refractivity contribution is -0.121.